The highest BCUT2D eigenvalue weighted by Crippen LogP contribution is 2.31. The third-order valence-electron chi connectivity index (χ3n) is 5.71. The molecule has 0 spiro atoms. The van der Waals surface area contributed by atoms with Crippen molar-refractivity contribution in [3.8, 4) is 28.8 Å². The van der Waals surface area contributed by atoms with Crippen molar-refractivity contribution in [2.45, 2.75) is 51.9 Å². The second kappa shape index (κ2) is 8.51. The van der Waals surface area contributed by atoms with Crippen LogP contribution in [0, 0.1) is 0 Å². The van der Waals surface area contributed by atoms with Crippen molar-refractivity contribution in [3.05, 3.63) is 64.2 Å². The first-order chi connectivity index (χ1) is 15.9. The zero-order valence-electron chi connectivity index (χ0n) is 19.1. The number of aromatic nitrogens is 3. The highest BCUT2D eigenvalue weighted by Gasteiger charge is 2.24. The first-order valence-electron chi connectivity index (χ1n) is 11.2. The van der Waals surface area contributed by atoms with Crippen LogP contribution in [0.15, 0.2) is 47.4 Å². The minimum absolute atomic E-state index is 0.0550. The van der Waals surface area contributed by atoms with Gasteiger partial charge in [0, 0.05) is 36.5 Å². The van der Waals surface area contributed by atoms with Gasteiger partial charge < -0.3 is 19.5 Å². The average Bonchev–Trinajstić information content (AvgIpc) is 2.80. The van der Waals surface area contributed by atoms with Crippen LogP contribution in [0.2, 0.25) is 0 Å². The van der Waals surface area contributed by atoms with Crippen LogP contribution in [0.3, 0.4) is 0 Å². The molecule has 4 heterocycles. The lowest BCUT2D eigenvalue weighted by Crippen LogP contribution is -2.35. The summed E-state index contributed by atoms with van der Waals surface area (Å²) < 4.78 is 19.1. The molecule has 33 heavy (non-hydrogen) atoms. The van der Waals surface area contributed by atoms with Crippen molar-refractivity contribution in [2.24, 2.45) is 0 Å². The van der Waals surface area contributed by atoms with E-state index in [2.05, 4.69) is 54.3 Å². The van der Waals surface area contributed by atoms with Crippen LogP contribution in [0.4, 0.5) is 0 Å². The zero-order chi connectivity index (χ0) is 23.0. The van der Waals surface area contributed by atoms with Gasteiger partial charge in [-0.2, -0.15) is 4.98 Å². The number of nitrogens with zero attached hydrogens (tertiary/aromatic N) is 3. The van der Waals surface area contributed by atoms with Crippen LogP contribution < -0.4 is 25.2 Å². The summed E-state index contributed by atoms with van der Waals surface area (Å²) in [5, 5.41) is 3.53. The zero-order valence-corrected chi connectivity index (χ0v) is 19.1. The lowest BCUT2D eigenvalue weighted by molar-refractivity contribution is 0.0486. The van der Waals surface area contributed by atoms with E-state index in [1.807, 2.05) is 6.07 Å². The molecule has 1 aromatic carbocycles. The Morgan fingerprint density at radius 2 is 2.12 bits per heavy atom. The second-order valence-electron chi connectivity index (χ2n) is 9.43. The molecule has 0 saturated carbocycles. The lowest BCUT2D eigenvalue weighted by atomic mass is 9.95. The van der Waals surface area contributed by atoms with Gasteiger partial charge in [-0.05, 0) is 50.5 Å². The summed E-state index contributed by atoms with van der Waals surface area (Å²) in [5.74, 6) is 1.35. The molecule has 2 aliphatic rings. The molecule has 8 nitrogen and oxygen atoms in total. The molecule has 0 radical (unpaired) electrons. The van der Waals surface area contributed by atoms with Gasteiger partial charge in [0.2, 0.25) is 5.88 Å². The molecule has 1 unspecified atom stereocenters. The fraction of sp³-hybridized carbons (Fsp3) is 0.400. The molecule has 0 amide bonds. The van der Waals surface area contributed by atoms with E-state index in [9.17, 15) is 4.79 Å². The summed E-state index contributed by atoms with van der Waals surface area (Å²) in [7, 11) is 0. The molecule has 0 bridgehead atoms. The van der Waals surface area contributed by atoms with Crippen molar-refractivity contribution >= 4 is 0 Å². The van der Waals surface area contributed by atoms with Crippen LogP contribution >= 0.6 is 0 Å². The van der Waals surface area contributed by atoms with Crippen LogP contribution in [0.25, 0.3) is 11.3 Å². The summed E-state index contributed by atoms with van der Waals surface area (Å²) >= 11 is 0. The van der Waals surface area contributed by atoms with E-state index in [1.165, 1.54) is 11.1 Å². The van der Waals surface area contributed by atoms with E-state index in [-0.39, 0.29) is 29.8 Å². The van der Waals surface area contributed by atoms with Crippen LogP contribution in [-0.2, 0) is 19.5 Å². The van der Waals surface area contributed by atoms with Gasteiger partial charge in [-0.15, -0.1) is 0 Å². The Bertz CT molecular complexity index is 1230. The van der Waals surface area contributed by atoms with Crippen molar-refractivity contribution in [2.75, 3.05) is 13.2 Å². The Labute approximate surface area is 192 Å². The van der Waals surface area contributed by atoms with Gasteiger partial charge in [0.25, 0.3) is 5.88 Å². The van der Waals surface area contributed by atoms with Crippen molar-refractivity contribution < 1.29 is 14.2 Å². The van der Waals surface area contributed by atoms with E-state index in [0.29, 0.717) is 24.8 Å². The molecule has 1 atom stereocenters. The molecule has 3 aromatic rings. The lowest BCUT2D eigenvalue weighted by Gasteiger charge is -2.26. The molecule has 5 rings (SSSR count). The van der Waals surface area contributed by atoms with Gasteiger partial charge in [0.15, 0.2) is 11.9 Å². The molecule has 1 N–H and O–H groups in total. The number of aryl methyl sites for hydroxylation is 1. The van der Waals surface area contributed by atoms with Crippen LogP contribution in [0.5, 0.6) is 17.5 Å². The Morgan fingerprint density at radius 1 is 1.24 bits per heavy atom. The first kappa shape index (κ1) is 21.5. The van der Waals surface area contributed by atoms with E-state index < -0.39 is 0 Å². The third kappa shape index (κ3) is 4.71. The van der Waals surface area contributed by atoms with Gasteiger partial charge in [-0.25, -0.2) is 9.78 Å². The van der Waals surface area contributed by atoms with E-state index in [0.717, 1.165) is 24.2 Å². The number of ether oxygens (including phenoxy) is 3. The average molecular weight is 449 g/mol. The standard InChI is InChI=1S/C25H28N4O4/c1-25(2,3)27-13-16-6-7-19-17(11-16)8-10-29-20(19)12-22(28-24(29)30)31-14-18-15-32-23-21(33-18)5-4-9-26-23/h4-7,9,11-12,18,27H,8,10,13-15H2,1-3H3. The largest absolute Gasteiger partial charge is 0.478 e. The van der Waals surface area contributed by atoms with Crippen LogP contribution in [-0.4, -0.2) is 39.4 Å². The predicted octanol–water partition coefficient (Wildman–Crippen LogP) is 2.97. The molecule has 2 aliphatic heterocycles. The number of hydrogen-bond donors (Lipinski definition) is 1. The number of fused-ring (bicyclic) bond motifs is 4. The highest BCUT2D eigenvalue weighted by atomic mass is 16.6. The predicted molar refractivity (Wildman–Crippen MR) is 124 cm³/mol. The molecular weight excluding hydrogens is 420 g/mol. The van der Waals surface area contributed by atoms with E-state index in [4.69, 9.17) is 14.2 Å². The maximum Gasteiger partial charge on any atom is 0.351 e. The molecular formula is C25H28N4O4. The summed E-state index contributed by atoms with van der Waals surface area (Å²) in [5.41, 5.74) is 4.09. The van der Waals surface area contributed by atoms with Crippen molar-refractivity contribution in [3.63, 3.8) is 0 Å². The van der Waals surface area contributed by atoms with Gasteiger partial charge in [-0.3, -0.25) is 4.57 Å². The Hall–Kier alpha value is -3.39. The summed E-state index contributed by atoms with van der Waals surface area (Å²) in [6.07, 6.45) is 2.15. The number of nitrogens with one attached hydrogen (secondary N) is 1. The van der Waals surface area contributed by atoms with Crippen LogP contribution in [0.1, 0.15) is 31.9 Å². The maximum atomic E-state index is 12.7. The molecule has 0 saturated heterocycles. The molecule has 2 aromatic heterocycles. The minimum Gasteiger partial charge on any atom is -0.478 e. The number of rotatable bonds is 5. The topological polar surface area (TPSA) is 87.5 Å². The normalized spacial score (nSPS) is 16.6. The summed E-state index contributed by atoms with van der Waals surface area (Å²) in [6.45, 7) is 8.41. The monoisotopic (exact) mass is 448 g/mol. The Balaban J connectivity index is 1.33. The molecule has 8 heteroatoms. The summed E-state index contributed by atoms with van der Waals surface area (Å²) in [6, 6.07) is 11.9. The van der Waals surface area contributed by atoms with Gasteiger partial charge in [0.05, 0.1) is 5.69 Å². The fourth-order valence-corrected chi connectivity index (χ4v) is 4.03. The van der Waals surface area contributed by atoms with E-state index >= 15 is 0 Å². The first-order valence-corrected chi connectivity index (χ1v) is 11.2. The Morgan fingerprint density at radius 3 is 2.97 bits per heavy atom. The number of hydrogen-bond acceptors (Lipinski definition) is 7. The molecule has 0 aliphatic carbocycles. The Kier molecular flexibility index (Phi) is 5.54. The maximum absolute atomic E-state index is 12.7. The second-order valence-corrected chi connectivity index (χ2v) is 9.43. The summed E-state index contributed by atoms with van der Waals surface area (Å²) in [4.78, 5) is 20.9. The third-order valence-corrected chi connectivity index (χ3v) is 5.71. The minimum atomic E-state index is -0.313. The van der Waals surface area contributed by atoms with Crippen molar-refractivity contribution in [1.82, 2.24) is 19.9 Å². The van der Waals surface area contributed by atoms with Crippen molar-refractivity contribution in [1.29, 1.82) is 0 Å². The number of pyridine rings is 1. The molecule has 172 valence electrons. The quantitative estimate of drug-likeness (QED) is 0.642. The van der Waals surface area contributed by atoms with E-state index in [1.54, 1.807) is 22.9 Å². The smallest absolute Gasteiger partial charge is 0.351 e. The SMILES string of the molecule is CC(C)(C)NCc1ccc2c(c1)CCn1c-2cc(OCC2COc3ncccc3O2)nc1=O. The van der Waals surface area contributed by atoms with Gasteiger partial charge in [-0.1, -0.05) is 18.2 Å². The number of benzene rings is 1. The fourth-order valence-electron chi connectivity index (χ4n) is 4.03. The molecule has 0 fully saturated rings. The highest BCUT2D eigenvalue weighted by molar-refractivity contribution is 5.67. The van der Waals surface area contributed by atoms with Gasteiger partial charge >= 0.3 is 5.69 Å². The van der Waals surface area contributed by atoms with Gasteiger partial charge in [0.1, 0.15) is 13.2 Å².